The molecule has 2 aromatic rings. The van der Waals surface area contributed by atoms with Gasteiger partial charge in [0.25, 0.3) is 5.91 Å². The molecular weight excluding hydrogens is 344 g/mol. The third-order valence-corrected chi connectivity index (χ3v) is 4.37. The normalized spacial score (nSPS) is 13.0. The predicted octanol–water partition coefficient (Wildman–Crippen LogP) is 3.17. The minimum absolute atomic E-state index is 0.0999. The van der Waals surface area contributed by atoms with E-state index in [0.717, 1.165) is 18.4 Å². The van der Waals surface area contributed by atoms with Gasteiger partial charge >= 0.3 is 0 Å². The zero-order valence-electron chi connectivity index (χ0n) is 15.6. The van der Waals surface area contributed by atoms with E-state index in [9.17, 15) is 9.59 Å². The summed E-state index contributed by atoms with van der Waals surface area (Å²) in [5, 5.41) is 5.80. The lowest BCUT2D eigenvalue weighted by atomic mass is 10.1. The van der Waals surface area contributed by atoms with Crippen molar-refractivity contribution in [3.63, 3.8) is 0 Å². The molecule has 0 aliphatic heterocycles. The molecule has 2 aromatic carbocycles. The second-order valence-corrected chi connectivity index (χ2v) is 6.60. The van der Waals surface area contributed by atoms with Crippen LogP contribution in [-0.2, 0) is 11.2 Å². The number of hydrogen-bond acceptors (Lipinski definition) is 4. The second kappa shape index (κ2) is 8.58. The third-order valence-electron chi connectivity index (χ3n) is 4.37. The average molecular weight is 368 g/mol. The molecule has 0 saturated heterocycles. The van der Waals surface area contributed by atoms with E-state index in [1.807, 2.05) is 12.1 Å². The first-order valence-corrected chi connectivity index (χ1v) is 9.00. The number of aryl methyl sites for hydroxylation is 1. The van der Waals surface area contributed by atoms with Gasteiger partial charge in [-0.25, -0.2) is 0 Å². The van der Waals surface area contributed by atoms with E-state index < -0.39 is 0 Å². The van der Waals surface area contributed by atoms with Crippen molar-refractivity contribution < 1.29 is 19.1 Å². The van der Waals surface area contributed by atoms with Gasteiger partial charge in [0.1, 0.15) is 11.5 Å². The Labute approximate surface area is 158 Å². The van der Waals surface area contributed by atoms with Gasteiger partial charge in [0.2, 0.25) is 5.91 Å². The summed E-state index contributed by atoms with van der Waals surface area (Å²) in [6.07, 6.45) is 2.95. The average Bonchev–Trinajstić information content (AvgIpc) is 3.50. The molecule has 0 heterocycles. The Morgan fingerprint density at radius 3 is 2.37 bits per heavy atom. The smallest absolute Gasteiger partial charge is 0.251 e. The van der Waals surface area contributed by atoms with Crippen LogP contribution in [0, 0.1) is 0 Å². The molecule has 1 fully saturated rings. The number of nitrogens with one attached hydrogen (secondary N) is 2. The van der Waals surface area contributed by atoms with Crippen molar-refractivity contribution in [3.05, 3.63) is 53.6 Å². The predicted molar refractivity (Wildman–Crippen MR) is 103 cm³/mol. The molecule has 27 heavy (non-hydrogen) atoms. The molecule has 2 amide bonds. The number of carbonyl (C=O) groups is 2. The van der Waals surface area contributed by atoms with Gasteiger partial charge in [-0.1, -0.05) is 6.07 Å². The Kier molecular flexibility index (Phi) is 5.96. The lowest BCUT2D eigenvalue weighted by Crippen LogP contribution is -2.25. The minimum Gasteiger partial charge on any atom is -0.497 e. The fraction of sp³-hybridized carbons (Fsp3) is 0.333. The topological polar surface area (TPSA) is 76.7 Å². The van der Waals surface area contributed by atoms with Crippen LogP contribution in [0.1, 0.15) is 35.2 Å². The van der Waals surface area contributed by atoms with Gasteiger partial charge in [-0.2, -0.15) is 0 Å². The molecule has 1 saturated carbocycles. The highest BCUT2D eigenvalue weighted by Crippen LogP contribution is 2.23. The van der Waals surface area contributed by atoms with Crippen molar-refractivity contribution in [1.82, 2.24) is 5.32 Å². The molecule has 0 atom stereocenters. The summed E-state index contributed by atoms with van der Waals surface area (Å²) in [6, 6.07) is 12.9. The van der Waals surface area contributed by atoms with E-state index in [1.54, 1.807) is 44.6 Å². The summed E-state index contributed by atoms with van der Waals surface area (Å²) in [6.45, 7) is 0. The second-order valence-electron chi connectivity index (χ2n) is 6.60. The van der Waals surface area contributed by atoms with E-state index >= 15 is 0 Å². The molecule has 0 radical (unpaired) electrons. The van der Waals surface area contributed by atoms with E-state index in [0.29, 0.717) is 41.6 Å². The Hall–Kier alpha value is -3.02. The summed E-state index contributed by atoms with van der Waals surface area (Å²) in [4.78, 5) is 24.4. The number of carbonyl (C=O) groups excluding carboxylic acids is 2. The van der Waals surface area contributed by atoms with Gasteiger partial charge in [0.15, 0.2) is 0 Å². The Bertz CT molecular complexity index is 808. The third kappa shape index (κ3) is 5.48. The van der Waals surface area contributed by atoms with E-state index in [1.165, 1.54) is 0 Å². The highest BCUT2D eigenvalue weighted by Gasteiger charge is 2.23. The van der Waals surface area contributed by atoms with Crippen LogP contribution in [0.3, 0.4) is 0 Å². The van der Waals surface area contributed by atoms with Crippen molar-refractivity contribution in [2.24, 2.45) is 0 Å². The molecule has 1 aliphatic rings. The molecule has 6 nitrogen and oxygen atoms in total. The maximum Gasteiger partial charge on any atom is 0.251 e. The van der Waals surface area contributed by atoms with Gasteiger partial charge in [0.05, 0.1) is 14.2 Å². The number of ether oxygens (including phenoxy) is 2. The van der Waals surface area contributed by atoms with Gasteiger partial charge in [-0.05, 0) is 55.2 Å². The van der Waals surface area contributed by atoms with Crippen molar-refractivity contribution in [2.45, 2.75) is 31.7 Å². The Morgan fingerprint density at radius 1 is 1.04 bits per heavy atom. The SMILES string of the molecule is COc1cc(CCC(=O)Nc2cccc(C(=O)NC3CC3)c2)cc(OC)c1. The molecule has 0 bridgehead atoms. The fourth-order valence-corrected chi connectivity index (χ4v) is 2.73. The van der Waals surface area contributed by atoms with Crippen LogP contribution in [0.5, 0.6) is 11.5 Å². The molecule has 6 heteroatoms. The van der Waals surface area contributed by atoms with Crippen LogP contribution >= 0.6 is 0 Å². The molecule has 142 valence electrons. The first-order chi connectivity index (χ1) is 13.1. The zero-order valence-corrected chi connectivity index (χ0v) is 15.6. The van der Waals surface area contributed by atoms with Crippen molar-refractivity contribution in [3.8, 4) is 11.5 Å². The number of methoxy groups -OCH3 is 2. The van der Waals surface area contributed by atoms with Crippen molar-refractivity contribution in [1.29, 1.82) is 0 Å². The maximum absolute atomic E-state index is 12.3. The summed E-state index contributed by atoms with van der Waals surface area (Å²) >= 11 is 0. The number of anilines is 1. The van der Waals surface area contributed by atoms with Crippen LogP contribution in [-0.4, -0.2) is 32.1 Å². The lowest BCUT2D eigenvalue weighted by molar-refractivity contribution is -0.116. The van der Waals surface area contributed by atoms with Crippen LogP contribution in [0.2, 0.25) is 0 Å². The number of rotatable bonds is 8. The van der Waals surface area contributed by atoms with Gasteiger partial charge in [-0.3, -0.25) is 9.59 Å². The Morgan fingerprint density at radius 2 is 1.74 bits per heavy atom. The maximum atomic E-state index is 12.3. The van der Waals surface area contributed by atoms with Crippen molar-refractivity contribution in [2.75, 3.05) is 19.5 Å². The molecule has 3 rings (SSSR count). The number of hydrogen-bond donors (Lipinski definition) is 2. The molecule has 1 aliphatic carbocycles. The highest BCUT2D eigenvalue weighted by atomic mass is 16.5. The molecule has 0 spiro atoms. The van der Waals surface area contributed by atoms with Crippen LogP contribution in [0.15, 0.2) is 42.5 Å². The van der Waals surface area contributed by atoms with Gasteiger partial charge in [-0.15, -0.1) is 0 Å². The van der Waals surface area contributed by atoms with E-state index in [-0.39, 0.29) is 11.8 Å². The van der Waals surface area contributed by atoms with Crippen LogP contribution in [0.25, 0.3) is 0 Å². The quantitative estimate of drug-likeness (QED) is 0.750. The molecule has 2 N–H and O–H groups in total. The summed E-state index contributed by atoms with van der Waals surface area (Å²) < 4.78 is 10.5. The van der Waals surface area contributed by atoms with Gasteiger partial charge in [0, 0.05) is 29.8 Å². The standard InChI is InChI=1S/C21H24N2O4/c1-26-18-10-14(11-19(13-18)27-2)6-9-20(24)22-17-5-3-4-15(12-17)21(25)23-16-7-8-16/h3-5,10-13,16H,6-9H2,1-2H3,(H,22,24)(H,23,25). The summed E-state index contributed by atoms with van der Waals surface area (Å²) in [5.74, 6) is 1.17. The molecule has 0 unspecified atom stereocenters. The van der Waals surface area contributed by atoms with Gasteiger partial charge < -0.3 is 20.1 Å². The largest absolute Gasteiger partial charge is 0.497 e. The van der Waals surface area contributed by atoms with Crippen LogP contribution in [0.4, 0.5) is 5.69 Å². The molecular formula is C21H24N2O4. The highest BCUT2D eigenvalue weighted by molar-refractivity contribution is 5.97. The fourth-order valence-electron chi connectivity index (χ4n) is 2.73. The molecule has 0 aromatic heterocycles. The van der Waals surface area contributed by atoms with E-state index in [4.69, 9.17) is 9.47 Å². The zero-order chi connectivity index (χ0) is 19.2. The lowest BCUT2D eigenvalue weighted by Gasteiger charge is -2.10. The number of amides is 2. The summed E-state index contributed by atoms with van der Waals surface area (Å²) in [7, 11) is 3.19. The van der Waals surface area contributed by atoms with Crippen molar-refractivity contribution >= 4 is 17.5 Å². The first kappa shape index (κ1) is 18.8. The Balaban J connectivity index is 1.57. The van der Waals surface area contributed by atoms with Crippen LogP contribution < -0.4 is 20.1 Å². The number of benzene rings is 2. The first-order valence-electron chi connectivity index (χ1n) is 9.00. The minimum atomic E-state index is -0.114. The monoisotopic (exact) mass is 368 g/mol. The van der Waals surface area contributed by atoms with E-state index in [2.05, 4.69) is 10.6 Å². The summed E-state index contributed by atoms with van der Waals surface area (Å²) in [5.41, 5.74) is 2.13.